The number of halogens is 1. The molecule has 0 radical (unpaired) electrons. The molecule has 0 unspecified atom stereocenters. The number of aliphatic carboxylic acids is 1. The van der Waals surface area contributed by atoms with Crippen molar-refractivity contribution in [3.05, 3.63) is 76.3 Å². The molecule has 1 aliphatic heterocycles. The summed E-state index contributed by atoms with van der Waals surface area (Å²) < 4.78 is 0. The first-order valence-corrected chi connectivity index (χ1v) is 9.77. The molecule has 5 nitrogen and oxygen atoms in total. The minimum absolute atomic E-state index is 0.101. The summed E-state index contributed by atoms with van der Waals surface area (Å²) in [4.78, 5) is 28.0. The van der Waals surface area contributed by atoms with Crippen molar-refractivity contribution in [3.8, 4) is 0 Å². The number of carbonyl (C=O) groups excluding carboxylic acids is 1. The average Bonchev–Trinajstić information content (AvgIpc) is 2.72. The van der Waals surface area contributed by atoms with E-state index in [1.54, 1.807) is 30.4 Å². The molecular weight excluding hydrogens is 388 g/mol. The number of nitrogens with zero attached hydrogens (tertiary/aromatic N) is 2. The lowest BCUT2D eigenvalue weighted by Crippen LogP contribution is -2.44. The Labute approximate surface area is 175 Å². The van der Waals surface area contributed by atoms with Gasteiger partial charge in [-0.25, -0.2) is 4.79 Å². The van der Waals surface area contributed by atoms with Gasteiger partial charge in [0.05, 0.1) is 0 Å². The van der Waals surface area contributed by atoms with Crippen LogP contribution in [0.1, 0.15) is 21.5 Å². The Morgan fingerprint density at radius 2 is 1.52 bits per heavy atom. The summed E-state index contributed by atoms with van der Waals surface area (Å²) in [5.41, 5.74) is 3.14. The molecular formula is C23H23ClN2O3. The number of benzene rings is 2. The number of carboxylic acids is 1. The second-order valence-electron chi connectivity index (χ2n) is 6.99. The number of carboxylic acid groups (broad SMARTS) is 1. The van der Waals surface area contributed by atoms with Crippen LogP contribution in [0, 0.1) is 0 Å². The molecule has 150 valence electrons. The molecule has 2 aromatic carbocycles. The normalized spacial score (nSPS) is 15.3. The molecule has 3 rings (SSSR count). The molecule has 0 aliphatic carbocycles. The molecule has 0 bridgehead atoms. The number of likely N-dealkylation sites (N-methyl/N-ethyl adjacent to an activating group) is 1. The summed E-state index contributed by atoms with van der Waals surface area (Å²) in [6.07, 6.45) is 5.91. The van der Waals surface area contributed by atoms with Crippen LogP contribution in [0.4, 0.5) is 5.69 Å². The minimum Gasteiger partial charge on any atom is -0.478 e. The Morgan fingerprint density at radius 3 is 2.10 bits per heavy atom. The quantitative estimate of drug-likeness (QED) is 0.574. The van der Waals surface area contributed by atoms with E-state index in [0.29, 0.717) is 10.6 Å². The summed E-state index contributed by atoms with van der Waals surface area (Å²) in [5.74, 6) is -1.09. The molecule has 1 fully saturated rings. The zero-order valence-corrected chi connectivity index (χ0v) is 17.0. The van der Waals surface area contributed by atoms with Crippen molar-refractivity contribution in [2.75, 3.05) is 38.1 Å². The summed E-state index contributed by atoms with van der Waals surface area (Å²) in [6.45, 7) is 3.64. The molecule has 0 spiro atoms. The van der Waals surface area contributed by atoms with Crippen LogP contribution in [-0.4, -0.2) is 55.0 Å². The largest absolute Gasteiger partial charge is 0.478 e. The van der Waals surface area contributed by atoms with Gasteiger partial charge < -0.3 is 14.9 Å². The number of carbonyl (C=O) groups is 2. The molecule has 1 aliphatic rings. The van der Waals surface area contributed by atoms with Gasteiger partial charge in [-0.2, -0.15) is 0 Å². The van der Waals surface area contributed by atoms with Crippen LogP contribution in [0.25, 0.3) is 12.2 Å². The van der Waals surface area contributed by atoms with Gasteiger partial charge >= 0.3 is 5.97 Å². The highest BCUT2D eigenvalue weighted by Gasteiger charge is 2.19. The highest BCUT2D eigenvalue weighted by Crippen LogP contribution is 2.26. The first-order valence-electron chi connectivity index (χ1n) is 9.39. The van der Waals surface area contributed by atoms with Crippen molar-refractivity contribution in [1.29, 1.82) is 0 Å². The van der Waals surface area contributed by atoms with E-state index in [1.807, 2.05) is 24.3 Å². The molecule has 0 aromatic heterocycles. The molecule has 2 aromatic rings. The summed E-state index contributed by atoms with van der Waals surface area (Å²) in [6, 6.07) is 12.7. The molecule has 29 heavy (non-hydrogen) atoms. The van der Waals surface area contributed by atoms with E-state index in [9.17, 15) is 9.59 Å². The standard InChI is InChI=1S/C23H23ClN2O3/c1-25-12-14-26(15-13-25)21-9-8-19(24)16-20(21)22(27)10-6-17-2-4-18(5-3-17)7-11-23(28)29/h2-11,16H,12-15H2,1H3,(H,28,29). The van der Waals surface area contributed by atoms with Gasteiger partial charge in [0.2, 0.25) is 0 Å². The van der Waals surface area contributed by atoms with Crippen molar-refractivity contribution in [3.63, 3.8) is 0 Å². The Hall–Kier alpha value is -2.89. The average molecular weight is 411 g/mol. The smallest absolute Gasteiger partial charge is 0.328 e. The third-order valence-corrected chi connectivity index (χ3v) is 5.09. The van der Waals surface area contributed by atoms with Gasteiger partial charge in [0.25, 0.3) is 0 Å². The van der Waals surface area contributed by atoms with Crippen LogP contribution in [0.3, 0.4) is 0 Å². The number of anilines is 1. The fourth-order valence-corrected chi connectivity index (χ4v) is 3.35. The molecule has 0 atom stereocenters. The lowest BCUT2D eigenvalue weighted by molar-refractivity contribution is -0.131. The van der Waals surface area contributed by atoms with E-state index < -0.39 is 5.97 Å². The predicted molar refractivity (Wildman–Crippen MR) is 118 cm³/mol. The van der Waals surface area contributed by atoms with E-state index in [4.69, 9.17) is 16.7 Å². The van der Waals surface area contributed by atoms with Crippen LogP contribution < -0.4 is 4.90 Å². The number of hydrogen-bond donors (Lipinski definition) is 1. The van der Waals surface area contributed by atoms with Gasteiger partial charge in [0.15, 0.2) is 5.78 Å². The van der Waals surface area contributed by atoms with Gasteiger partial charge in [0, 0.05) is 48.5 Å². The summed E-state index contributed by atoms with van der Waals surface area (Å²) >= 11 is 6.16. The Balaban J connectivity index is 1.76. The van der Waals surface area contributed by atoms with Gasteiger partial charge in [0.1, 0.15) is 0 Å². The van der Waals surface area contributed by atoms with Crippen LogP contribution in [0.5, 0.6) is 0 Å². The van der Waals surface area contributed by atoms with E-state index in [2.05, 4.69) is 16.8 Å². The molecule has 1 N–H and O–H groups in total. The summed E-state index contributed by atoms with van der Waals surface area (Å²) in [7, 11) is 2.09. The minimum atomic E-state index is -0.989. The number of rotatable bonds is 6. The third kappa shape index (κ3) is 5.79. The highest BCUT2D eigenvalue weighted by molar-refractivity contribution is 6.31. The number of hydrogen-bond acceptors (Lipinski definition) is 4. The number of piperazine rings is 1. The lowest BCUT2D eigenvalue weighted by Gasteiger charge is -2.35. The van der Waals surface area contributed by atoms with Crippen molar-refractivity contribution < 1.29 is 14.7 Å². The molecule has 1 saturated heterocycles. The Morgan fingerprint density at radius 1 is 0.931 bits per heavy atom. The first kappa shape index (κ1) is 20.8. The topological polar surface area (TPSA) is 60.9 Å². The van der Waals surface area contributed by atoms with Crippen LogP contribution >= 0.6 is 11.6 Å². The third-order valence-electron chi connectivity index (χ3n) is 4.85. The van der Waals surface area contributed by atoms with Crippen molar-refractivity contribution in [1.82, 2.24) is 4.90 Å². The second-order valence-corrected chi connectivity index (χ2v) is 7.42. The van der Waals surface area contributed by atoms with Crippen molar-refractivity contribution in [2.45, 2.75) is 0 Å². The summed E-state index contributed by atoms with van der Waals surface area (Å²) in [5, 5.41) is 9.22. The van der Waals surface area contributed by atoms with Crippen LogP contribution in [0.15, 0.2) is 54.6 Å². The van der Waals surface area contributed by atoms with Crippen molar-refractivity contribution >= 4 is 41.2 Å². The maximum Gasteiger partial charge on any atom is 0.328 e. The monoisotopic (exact) mass is 410 g/mol. The van der Waals surface area contributed by atoms with E-state index in [0.717, 1.165) is 49.1 Å². The maximum absolute atomic E-state index is 12.9. The molecule has 1 heterocycles. The second kappa shape index (κ2) is 9.54. The number of ketones is 1. The van der Waals surface area contributed by atoms with Crippen molar-refractivity contribution in [2.24, 2.45) is 0 Å². The lowest BCUT2D eigenvalue weighted by atomic mass is 10.0. The first-order chi connectivity index (χ1) is 13.9. The number of allylic oxidation sites excluding steroid dienone is 1. The predicted octanol–water partition coefficient (Wildman–Crippen LogP) is 4.09. The van der Waals surface area contributed by atoms with Gasteiger partial charge in [-0.05, 0) is 48.5 Å². The van der Waals surface area contributed by atoms with Crippen LogP contribution in [0.2, 0.25) is 5.02 Å². The zero-order chi connectivity index (χ0) is 20.8. The van der Waals surface area contributed by atoms with Gasteiger partial charge in [-0.1, -0.05) is 41.9 Å². The molecule has 0 saturated carbocycles. The Kier molecular flexibility index (Phi) is 6.86. The maximum atomic E-state index is 12.9. The van der Waals surface area contributed by atoms with Gasteiger partial charge in [-0.15, -0.1) is 0 Å². The van der Waals surface area contributed by atoms with Gasteiger partial charge in [-0.3, -0.25) is 4.79 Å². The van der Waals surface area contributed by atoms with E-state index in [-0.39, 0.29) is 5.78 Å². The fraction of sp³-hybridized carbons (Fsp3) is 0.217. The highest BCUT2D eigenvalue weighted by atomic mass is 35.5. The fourth-order valence-electron chi connectivity index (χ4n) is 3.18. The molecule has 6 heteroatoms. The SMILES string of the molecule is CN1CCN(c2ccc(Cl)cc2C(=O)C=Cc2ccc(C=CC(=O)O)cc2)CC1. The molecule has 0 amide bonds. The zero-order valence-electron chi connectivity index (χ0n) is 16.2. The Bertz CT molecular complexity index is 943. The van der Waals surface area contributed by atoms with E-state index >= 15 is 0 Å². The van der Waals surface area contributed by atoms with E-state index in [1.165, 1.54) is 6.08 Å². The van der Waals surface area contributed by atoms with Crippen LogP contribution in [-0.2, 0) is 4.79 Å².